The highest BCUT2D eigenvalue weighted by Crippen LogP contribution is 2.46. The standard InChI is InChI=1S/C19H23F3N4O3S/c1-11-12(9-24-8-6-23-16(24)28)30-15-13(11)14(27)26(10-18(2)3-4-18)17(29)25(15)7-5-19(20,21)22/h3-10H2,1-2H3,(H,23,28). The summed E-state index contributed by atoms with van der Waals surface area (Å²) in [6.07, 6.45) is -3.83. The van der Waals surface area contributed by atoms with Crippen molar-refractivity contribution in [1.29, 1.82) is 0 Å². The van der Waals surface area contributed by atoms with Crippen LogP contribution in [0.5, 0.6) is 0 Å². The van der Waals surface area contributed by atoms with Crippen molar-refractivity contribution in [1.82, 2.24) is 19.4 Å². The smallest absolute Gasteiger partial charge is 0.336 e. The van der Waals surface area contributed by atoms with Crippen LogP contribution in [-0.4, -0.2) is 39.3 Å². The van der Waals surface area contributed by atoms with Crippen LogP contribution in [0.25, 0.3) is 10.2 Å². The number of aryl methyl sites for hydroxylation is 2. The lowest BCUT2D eigenvalue weighted by molar-refractivity contribution is -0.136. The molecule has 0 atom stereocenters. The number of fused-ring (bicyclic) bond motifs is 1. The average Bonchev–Trinajstić information content (AvgIpc) is 3.10. The molecule has 0 aromatic carbocycles. The summed E-state index contributed by atoms with van der Waals surface area (Å²) in [5.41, 5.74) is -0.706. The van der Waals surface area contributed by atoms with Crippen molar-refractivity contribution >= 4 is 27.6 Å². The molecule has 1 aliphatic carbocycles. The van der Waals surface area contributed by atoms with E-state index in [2.05, 4.69) is 5.32 Å². The molecule has 0 unspecified atom stereocenters. The van der Waals surface area contributed by atoms with Crippen LogP contribution in [0.2, 0.25) is 0 Å². The van der Waals surface area contributed by atoms with Crippen molar-refractivity contribution in [2.24, 2.45) is 5.41 Å². The second-order valence-corrected chi connectivity index (χ2v) is 9.57. The molecule has 2 aromatic heterocycles. The van der Waals surface area contributed by atoms with Gasteiger partial charge in [-0.25, -0.2) is 9.59 Å². The average molecular weight is 444 g/mol. The lowest BCUT2D eigenvalue weighted by atomic mass is 10.1. The van der Waals surface area contributed by atoms with Gasteiger partial charge in [-0.15, -0.1) is 11.3 Å². The topological polar surface area (TPSA) is 76.3 Å². The number of nitrogens with zero attached hydrogens (tertiary/aromatic N) is 3. The molecule has 2 aliphatic rings. The van der Waals surface area contributed by atoms with Crippen LogP contribution in [0.4, 0.5) is 18.0 Å². The molecule has 1 aliphatic heterocycles. The number of halogens is 3. The number of alkyl halides is 3. The molecule has 4 rings (SSSR count). The maximum absolute atomic E-state index is 13.2. The van der Waals surface area contributed by atoms with E-state index in [1.807, 2.05) is 6.92 Å². The minimum atomic E-state index is -4.42. The number of thiophene rings is 1. The number of carbonyl (C=O) groups is 1. The molecule has 7 nitrogen and oxygen atoms in total. The summed E-state index contributed by atoms with van der Waals surface area (Å²) < 4.78 is 40.9. The minimum absolute atomic E-state index is 0.168. The Hall–Kier alpha value is -2.30. The lowest BCUT2D eigenvalue weighted by Gasteiger charge is -2.15. The third-order valence-corrected chi connectivity index (χ3v) is 7.23. The Balaban J connectivity index is 1.85. The van der Waals surface area contributed by atoms with Crippen molar-refractivity contribution in [2.45, 2.75) is 58.9 Å². The molecule has 1 saturated heterocycles. The number of urea groups is 1. The van der Waals surface area contributed by atoms with E-state index in [1.54, 1.807) is 11.8 Å². The molecule has 1 saturated carbocycles. The van der Waals surface area contributed by atoms with Gasteiger partial charge in [0, 0.05) is 31.1 Å². The van der Waals surface area contributed by atoms with Gasteiger partial charge in [0.1, 0.15) is 4.83 Å². The number of aromatic nitrogens is 2. The molecular formula is C19H23F3N4O3S. The zero-order valence-electron chi connectivity index (χ0n) is 16.8. The number of nitrogens with one attached hydrogen (secondary N) is 1. The Morgan fingerprint density at radius 1 is 1.17 bits per heavy atom. The number of hydrogen-bond donors (Lipinski definition) is 1. The van der Waals surface area contributed by atoms with Crippen molar-refractivity contribution in [3.63, 3.8) is 0 Å². The molecule has 3 heterocycles. The Morgan fingerprint density at radius 3 is 2.43 bits per heavy atom. The van der Waals surface area contributed by atoms with Gasteiger partial charge in [-0.05, 0) is 30.7 Å². The van der Waals surface area contributed by atoms with Gasteiger partial charge in [0.05, 0.1) is 18.4 Å². The van der Waals surface area contributed by atoms with Gasteiger partial charge in [-0.3, -0.25) is 13.9 Å². The Bertz CT molecular complexity index is 1130. The first-order chi connectivity index (χ1) is 14.0. The van der Waals surface area contributed by atoms with E-state index >= 15 is 0 Å². The number of hydrogen-bond acceptors (Lipinski definition) is 4. The molecule has 2 amide bonds. The summed E-state index contributed by atoms with van der Waals surface area (Å²) in [7, 11) is 0. The first-order valence-electron chi connectivity index (χ1n) is 9.84. The maximum atomic E-state index is 13.2. The molecule has 0 spiro atoms. The zero-order chi connectivity index (χ0) is 21.8. The summed E-state index contributed by atoms with van der Waals surface area (Å²) in [5.74, 6) is 0. The molecule has 0 radical (unpaired) electrons. The predicted octanol–water partition coefficient (Wildman–Crippen LogP) is 2.81. The molecule has 11 heteroatoms. The normalized spacial score (nSPS) is 18.3. The summed E-state index contributed by atoms with van der Waals surface area (Å²) in [5, 5.41) is 2.98. The monoisotopic (exact) mass is 444 g/mol. The van der Waals surface area contributed by atoms with Crippen molar-refractivity contribution in [3.8, 4) is 0 Å². The largest absolute Gasteiger partial charge is 0.390 e. The number of carbonyl (C=O) groups excluding carboxylic acids is 1. The molecule has 164 valence electrons. The third-order valence-electron chi connectivity index (χ3n) is 5.93. The number of amides is 2. The fraction of sp³-hybridized carbons (Fsp3) is 0.632. The van der Waals surface area contributed by atoms with E-state index in [1.165, 1.54) is 0 Å². The number of rotatable bonds is 6. The quantitative estimate of drug-likeness (QED) is 0.745. The fourth-order valence-electron chi connectivity index (χ4n) is 3.76. The molecule has 1 N–H and O–H groups in total. The second-order valence-electron chi connectivity index (χ2n) is 8.49. The fourth-order valence-corrected chi connectivity index (χ4v) is 5.09. The van der Waals surface area contributed by atoms with Gasteiger partial charge in [-0.1, -0.05) is 6.92 Å². The molecular weight excluding hydrogens is 421 g/mol. The van der Waals surface area contributed by atoms with Gasteiger partial charge >= 0.3 is 17.9 Å². The van der Waals surface area contributed by atoms with Crippen LogP contribution >= 0.6 is 11.3 Å². The van der Waals surface area contributed by atoms with Crippen LogP contribution in [-0.2, 0) is 19.6 Å². The third kappa shape index (κ3) is 3.86. The van der Waals surface area contributed by atoms with Gasteiger partial charge in [-0.2, -0.15) is 13.2 Å². The van der Waals surface area contributed by atoms with Crippen molar-refractivity contribution in [3.05, 3.63) is 31.3 Å². The molecule has 2 aromatic rings. The Labute approximate surface area is 174 Å². The van der Waals surface area contributed by atoms with E-state index in [9.17, 15) is 27.6 Å². The highest BCUT2D eigenvalue weighted by Gasteiger charge is 2.39. The first-order valence-corrected chi connectivity index (χ1v) is 10.7. The van der Waals surface area contributed by atoms with E-state index in [0.29, 0.717) is 23.5 Å². The SMILES string of the molecule is Cc1c(CN2CCNC2=O)sc2c1c(=O)n(CC1(C)CC1)c(=O)n2CCC(F)(F)F. The minimum Gasteiger partial charge on any atom is -0.336 e. The van der Waals surface area contributed by atoms with Gasteiger partial charge in [0.2, 0.25) is 0 Å². The molecule has 0 bridgehead atoms. The highest BCUT2D eigenvalue weighted by atomic mass is 32.1. The first kappa shape index (κ1) is 21.0. The highest BCUT2D eigenvalue weighted by molar-refractivity contribution is 7.18. The second kappa shape index (κ2) is 7.14. The van der Waals surface area contributed by atoms with Crippen LogP contribution in [0.15, 0.2) is 9.59 Å². The predicted molar refractivity (Wildman–Crippen MR) is 107 cm³/mol. The molecule has 30 heavy (non-hydrogen) atoms. The lowest BCUT2D eigenvalue weighted by Crippen LogP contribution is -2.41. The maximum Gasteiger partial charge on any atom is 0.390 e. The molecule has 2 fully saturated rings. The van der Waals surface area contributed by atoms with E-state index in [-0.39, 0.29) is 34.8 Å². The van der Waals surface area contributed by atoms with Gasteiger partial charge in [0.25, 0.3) is 5.56 Å². The Morgan fingerprint density at radius 2 is 1.87 bits per heavy atom. The van der Waals surface area contributed by atoms with Crippen molar-refractivity contribution < 1.29 is 18.0 Å². The Kier molecular flexibility index (Phi) is 4.99. The van der Waals surface area contributed by atoms with E-state index in [4.69, 9.17) is 0 Å². The van der Waals surface area contributed by atoms with E-state index in [0.717, 1.165) is 33.3 Å². The van der Waals surface area contributed by atoms with Crippen LogP contribution in [0, 0.1) is 12.3 Å². The van der Waals surface area contributed by atoms with Gasteiger partial charge < -0.3 is 10.2 Å². The summed E-state index contributed by atoms with van der Waals surface area (Å²) >= 11 is 1.12. The van der Waals surface area contributed by atoms with E-state index < -0.39 is 30.4 Å². The van der Waals surface area contributed by atoms with Crippen LogP contribution < -0.4 is 16.6 Å². The van der Waals surface area contributed by atoms with Gasteiger partial charge in [0.15, 0.2) is 0 Å². The summed E-state index contributed by atoms with van der Waals surface area (Å²) in [4.78, 5) is 40.7. The summed E-state index contributed by atoms with van der Waals surface area (Å²) in [6.45, 7) is 4.62. The zero-order valence-corrected chi connectivity index (χ0v) is 17.6. The summed E-state index contributed by atoms with van der Waals surface area (Å²) in [6, 6.07) is -0.222. The van der Waals surface area contributed by atoms with Crippen LogP contribution in [0.3, 0.4) is 0 Å². The van der Waals surface area contributed by atoms with Crippen molar-refractivity contribution in [2.75, 3.05) is 13.1 Å². The van der Waals surface area contributed by atoms with Crippen LogP contribution in [0.1, 0.15) is 36.6 Å².